The Labute approximate surface area is 135 Å². The molecule has 5 heteroatoms. The minimum absolute atomic E-state index is 0.156. The maximum atomic E-state index is 12.9. The van der Waals surface area contributed by atoms with E-state index in [2.05, 4.69) is 0 Å². The number of likely N-dealkylation sites (tertiary alicyclic amines) is 1. The molecule has 1 saturated carbocycles. The third kappa shape index (κ3) is 2.87. The predicted molar refractivity (Wildman–Crippen MR) is 83.6 cm³/mol. The van der Waals surface area contributed by atoms with Gasteiger partial charge in [-0.1, -0.05) is 49.6 Å². The Hall–Kier alpha value is -2.17. The molecule has 1 atom stereocenters. The lowest BCUT2D eigenvalue weighted by molar-refractivity contribution is -0.156. The lowest BCUT2D eigenvalue weighted by Gasteiger charge is -2.31. The fraction of sp³-hybridized carbons (Fsp3) is 0.500. The van der Waals surface area contributed by atoms with Crippen molar-refractivity contribution >= 4 is 17.8 Å². The number of imide groups is 1. The Morgan fingerprint density at radius 2 is 1.78 bits per heavy atom. The van der Waals surface area contributed by atoms with Crippen LogP contribution in [0.4, 0.5) is 0 Å². The van der Waals surface area contributed by atoms with Gasteiger partial charge in [-0.05, 0) is 18.4 Å². The largest absolute Gasteiger partial charge is 0.480 e. The van der Waals surface area contributed by atoms with E-state index in [1.54, 1.807) is 0 Å². The van der Waals surface area contributed by atoms with Crippen LogP contribution in [-0.2, 0) is 20.8 Å². The van der Waals surface area contributed by atoms with Crippen molar-refractivity contribution in [3.8, 4) is 0 Å². The lowest BCUT2D eigenvalue weighted by Crippen LogP contribution is -2.48. The summed E-state index contributed by atoms with van der Waals surface area (Å²) in [6.45, 7) is 0. The summed E-state index contributed by atoms with van der Waals surface area (Å²) in [5, 5.41) is 9.57. The molecule has 2 aliphatic rings. The zero-order valence-electron chi connectivity index (χ0n) is 13.0. The third-order valence-electron chi connectivity index (χ3n) is 5.11. The number of nitrogens with zero attached hydrogens (tertiary/aromatic N) is 1. The van der Waals surface area contributed by atoms with E-state index < -0.39 is 17.4 Å². The van der Waals surface area contributed by atoms with Gasteiger partial charge in [-0.3, -0.25) is 14.5 Å². The van der Waals surface area contributed by atoms with Crippen molar-refractivity contribution in [1.29, 1.82) is 0 Å². The number of carboxylic acids is 1. The summed E-state index contributed by atoms with van der Waals surface area (Å²) < 4.78 is 0. The van der Waals surface area contributed by atoms with E-state index in [-0.39, 0.29) is 24.7 Å². The van der Waals surface area contributed by atoms with Crippen LogP contribution in [0.3, 0.4) is 0 Å². The Morgan fingerprint density at radius 1 is 1.13 bits per heavy atom. The van der Waals surface area contributed by atoms with Crippen LogP contribution in [0.2, 0.25) is 0 Å². The van der Waals surface area contributed by atoms with E-state index in [0.717, 1.165) is 29.7 Å². The quantitative estimate of drug-likeness (QED) is 0.866. The monoisotopic (exact) mass is 315 g/mol. The number of carbonyl (C=O) groups excluding carboxylic acids is 2. The molecule has 1 heterocycles. The number of carbonyl (C=O) groups is 3. The van der Waals surface area contributed by atoms with Gasteiger partial charge >= 0.3 is 5.97 Å². The van der Waals surface area contributed by atoms with E-state index in [1.165, 1.54) is 0 Å². The number of aliphatic carboxylic acids is 1. The van der Waals surface area contributed by atoms with Gasteiger partial charge in [0.1, 0.15) is 6.04 Å². The van der Waals surface area contributed by atoms with E-state index in [9.17, 15) is 19.5 Å². The molecule has 2 amide bonds. The summed E-state index contributed by atoms with van der Waals surface area (Å²) in [5.41, 5.74) is 0.171. The van der Waals surface area contributed by atoms with Crippen LogP contribution in [0, 0.1) is 5.41 Å². The Bertz CT molecular complexity index is 619. The molecule has 1 saturated heterocycles. The zero-order chi connectivity index (χ0) is 16.4. The molecule has 1 aromatic carbocycles. The molecule has 1 aliphatic heterocycles. The first-order valence-corrected chi connectivity index (χ1v) is 8.17. The number of rotatable bonds is 4. The van der Waals surface area contributed by atoms with Crippen LogP contribution in [0.1, 0.15) is 44.1 Å². The van der Waals surface area contributed by atoms with Crippen molar-refractivity contribution in [2.24, 2.45) is 5.41 Å². The SMILES string of the molecule is O=C(O)[C@H](Cc1ccccc1)N1C(=O)CC2(CCCCC2)C1=O. The second-order valence-corrected chi connectivity index (χ2v) is 6.63. The number of carboxylic acid groups (broad SMARTS) is 1. The van der Waals surface area contributed by atoms with Crippen molar-refractivity contribution in [2.75, 3.05) is 0 Å². The summed E-state index contributed by atoms with van der Waals surface area (Å²) in [7, 11) is 0. The Kier molecular flexibility index (Phi) is 4.20. The van der Waals surface area contributed by atoms with E-state index >= 15 is 0 Å². The van der Waals surface area contributed by atoms with Crippen molar-refractivity contribution in [3.05, 3.63) is 35.9 Å². The van der Waals surface area contributed by atoms with Crippen molar-refractivity contribution in [2.45, 2.75) is 51.0 Å². The second kappa shape index (κ2) is 6.14. The molecular weight excluding hydrogens is 294 g/mol. The van der Waals surface area contributed by atoms with Crippen molar-refractivity contribution in [1.82, 2.24) is 4.90 Å². The first-order chi connectivity index (χ1) is 11.0. The van der Waals surface area contributed by atoms with Crippen LogP contribution in [0.5, 0.6) is 0 Å². The number of benzene rings is 1. The first kappa shape index (κ1) is 15.7. The van der Waals surface area contributed by atoms with Gasteiger partial charge in [0.25, 0.3) is 0 Å². The summed E-state index contributed by atoms with van der Waals surface area (Å²) in [6.07, 6.45) is 4.67. The Balaban J connectivity index is 1.86. The van der Waals surface area contributed by atoms with Crippen molar-refractivity contribution < 1.29 is 19.5 Å². The molecule has 2 fully saturated rings. The predicted octanol–water partition coefficient (Wildman–Crippen LogP) is 2.39. The van der Waals surface area contributed by atoms with Crippen LogP contribution in [-0.4, -0.2) is 33.8 Å². The summed E-state index contributed by atoms with van der Waals surface area (Å²) in [4.78, 5) is 38.0. The Morgan fingerprint density at radius 3 is 2.39 bits per heavy atom. The molecule has 0 bridgehead atoms. The minimum atomic E-state index is -1.12. The van der Waals surface area contributed by atoms with Gasteiger partial charge in [0.15, 0.2) is 0 Å². The fourth-order valence-corrected chi connectivity index (χ4v) is 3.88. The van der Waals surface area contributed by atoms with Crippen LogP contribution in [0.15, 0.2) is 30.3 Å². The van der Waals surface area contributed by atoms with Gasteiger partial charge < -0.3 is 5.11 Å². The highest BCUT2D eigenvalue weighted by atomic mass is 16.4. The molecule has 0 unspecified atom stereocenters. The fourth-order valence-electron chi connectivity index (χ4n) is 3.88. The molecule has 23 heavy (non-hydrogen) atoms. The van der Waals surface area contributed by atoms with Gasteiger partial charge in [0.05, 0.1) is 5.41 Å². The second-order valence-electron chi connectivity index (χ2n) is 6.63. The van der Waals surface area contributed by atoms with Gasteiger partial charge in [-0.15, -0.1) is 0 Å². The molecule has 0 radical (unpaired) electrons. The average Bonchev–Trinajstić information content (AvgIpc) is 2.77. The highest BCUT2D eigenvalue weighted by Gasteiger charge is 2.54. The van der Waals surface area contributed by atoms with Gasteiger partial charge in [-0.25, -0.2) is 4.79 Å². The minimum Gasteiger partial charge on any atom is -0.480 e. The van der Waals surface area contributed by atoms with Crippen molar-refractivity contribution in [3.63, 3.8) is 0 Å². The maximum Gasteiger partial charge on any atom is 0.327 e. The van der Waals surface area contributed by atoms with Gasteiger partial charge in [-0.2, -0.15) is 0 Å². The average molecular weight is 315 g/mol. The standard InChI is InChI=1S/C18H21NO4/c20-15-12-18(9-5-2-6-10-18)17(23)19(15)14(16(21)22)11-13-7-3-1-4-8-13/h1,3-4,7-8,14H,2,5-6,9-12H2,(H,21,22)/t14-/m0/s1. The molecule has 0 aromatic heterocycles. The highest BCUT2D eigenvalue weighted by molar-refractivity contribution is 6.08. The zero-order valence-corrected chi connectivity index (χ0v) is 13.0. The molecule has 122 valence electrons. The van der Waals surface area contributed by atoms with Crippen LogP contribution < -0.4 is 0 Å². The number of hydrogen-bond donors (Lipinski definition) is 1. The molecule has 5 nitrogen and oxygen atoms in total. The van der Waals surface area contributed by atoms with E-state index in [0.29, 0.717) is 12.8 Å². The summed E-state index contributed by atoms with van der Waals surface area (Å²) >= 11 is 0. The topological polar surface area (TPSA) is 74.7 Å². The van der Waals surface area contributed by atoms with Crippen LogP contribution >= 0.6 is 0 Å². The van der Waals surface area contributed by atoms with E-state index in [1.807, 2.05) is 30.3 Å². The molecular formula is C18H21NO4. The lowest BCUT2D eigenvalue weighted by atomic mass is 9.73. The van der Waals surface area contributed by atoms with E-state index in [4.69, 9.17) is 0 Å². The highest BCUT2D eigenvalue weighted by Crippen LogP contribution is 2.46. The molecule has 3 rings (SSSR count). The first-order valence-electron chi connectivity index (χ1n) is 8.17. The summed E-state index contributed by atoms with van der Waals surface area (Å²) in [5.74, 6) is -1.73. The molecule has 1 N–H and O–H groups in total. The molecule has 1 aliphatic carbocycles. The summed E-state index contributed by atoms with van der Waals surface area (Å²) in [6, 6.07) is 8.02. The van der Waals surface area contributed by atoms with Gasteiger partial charge in [0.2, 0.25) is 11.8 Å². The third-order valence-corrected chi connectivity index (χ3v) is 5.11. The molecule has 1 spiro atoms. The number of amides is 2. The number of hydrogen-bond acceptors (Lipinski definition) is 3. The normalized spacial score (nSPS) is 21.7. The maximum absolute atomic E-state index is 12.9. The van der Waals surface area contributed by atoms with Crippen LogP contribution in [0.25, 0.3) is 0 Å². The molecule has 1 aromatic rings. The van der Waals surface area contributed by atoms with Gasteiger partial charge in [0, 0.05) is 12.8 Å². The smallest absolute Gasteiger partial charge is 0.327 e.